The summed E-state index contributed by atoms with van der Waals surface area (Å²) >= 11 is 0. The minimum atomic E-state index is 0.0299. The highest BCUT2D eigenvalue weighted by Gasteiger charge is 2.19. The maximum atomic E-state index is 9.39. The van der Waals surface area contributed by atoms with Crippen molar-refractivity contribution in [2.75, 3.05) is 11.9 Å². The van der Waals surface area contributed by atoms with Crippen LogP contribution in [0.4, 0.5) is 5.82 Å². The molecule has 0 amide bonds. The van der Waals surface area contributed by atoms with Crippen molar-refractivity contribution in [3.05, 3.63) is 22.9 Å². The number of aliphatic hydroxyl groups is 1. The first kappa shape index (κ1) is 13.3. The van der Waals surface area contributed by atoms with Gasteiger partial charge in [-0.1, -0.05) is 13.8 Å². The minimum Gasteiger partial charge on any atom is -0.394 e. The summed E-state index contributed by atoms with van der Waals surface area (Å²) in [6.07, 6.45) is 3.35. The molecule has 1 aliphatic rings. The van der Waals surface area contributed by atoms with Crippen molar-refractivity contribution in [2.24, 2.45) is 11.7 Å². The van der Waals surface area contributed by atoms with Crippen molar-refractivity contribution < 1.29 is 5.11 Å². The Labute approximate surface area is 109 Å². The lowest BCUT2D eigenvalue weighted by Crippen LogP contribution is -2.30. The Hall–Kier alpha value is -1.13. The van der Waals surface area contributed by atoms with Crippen LogP contribution in [-0.2, 0) is 19.4 Å². The molecule has 0 saturated heterocycles. The van der Waals surface area contributed by atoms with E-state index in [-0.39, 0.29) is 12.6 Å². The van der Waals surface area contributed by atoms with Gasteiger partial charge in [-0.25, -0.2) is 4.98 Å². The molecule has 4 N–H and O–H groups in total. The summed E-state index contributed by atoms with van der Waals surface area (Å²) in [7, 11) is 0. The van der Waals surface area contributed by atoms with Crippen LogP contribution in [0.15, 0.2) is 6.07 Å². The van der Waals surface area contributed by atoms with Gasteiger partial charge >= 0.3 is 0 Å². The van der Waals surface area contributed by atoms with E-state index in [1.165, 1.54) is 17.7 Å². The summed E-state index contributed by atoms with van der Waals surface area (Å²) in [5.74, 6) is 1.21. The van der Waals surface area contributed by atoms with Crippen LogP contribution in [-0.4, -0.2) is 22.7 Å². The second-order valence-corrected chi connectivity index (χ2v) is 5.34. The monoisotopic (exact) mass is 249 g/mol. The number of nitrogens with zero attached hydrogens (tertiary/aromatic N) is 1. The molecule has 1 aromatic rings. The first-order chi connectivity index (χ1) is 8.65. The molecule has 0 saturated carbocycles. The third-order valence-electron chi connectivity index (χ3n) is 3.67. The Bertz CT molecular complexity index is 418. The predicted molar refractivity (Wildman–Crippen MR) is 73.5 cm³/mol. The molecule has 0 spiro atoms. The van der Waals surface area contributed by atoms with Gasteiger partial charge in [0.05, 0.1) is 12.6 Å². The Balaban J connectivity index is 2.26. The second-order valence-electron chi connectivity index (χ2n) is 5.34. The number of fused-ring (bicyclic) bond motifs is 1. The summed E-state index contributed by atoms with van der Waals surface area (Å²) in [6.45, 7) is 4.77. The molecule has 0 unspecified atom stereocenters. The SMILES string of the molecule is CC(C)[C@@H](CO)Nc1nc2c(cc1CN)CCC2. The van der Waals surface area contributed by atoms with Crippen LogP contribution in [0.5, 0.6) is 0 Å². The van der Waals surface area contributed by atoms with Crippen LogP contribution < -0.4 is 11.1 Å². The third-order valence-corrected chi connectivity index (χ3v) is 3.67. The lowest BCUT2D eigenvalue weighted by molar-refractivity contribution is 0.249. The number of aromatic nitrogens is 1. The van der Waals surface area contributed by atoms with Crippen LogP contribution in [0.25, 0.3) is 0 Å². The van der Waals surface area contributed by atoms with E-state index in [4.69, 9.17) is 10.7 Å². The van der Waals surface area contributed by atoms with E-state index in [2.05, 4.69) is 25.2 Å². The average molecular weight is 249 g/mol. The first-order valence-corrected chi connectivity index (χ1v) is 6.74. The van der Waals surface area contributed by atoms with Crippen LogP contribution >= 0.6 is 0 Å². The molecule has 0 bridgehead atoms. The maximum Gasteiger partial charge on any atom is 0.131 e. The molecule has 1 aromatic heterocycles. The average Bonchev–Trinajstić information content (AvgIpc) is 2.81. The molecule has 4 nitrogen and oxygen atoms in total. The van der Waals surface area contributed by atoms with Crippen LogP contribution in [0.3, 0.4) is 0 Å². The fraction of sp³-hybridized carbons (Fsp3) is 0.643. The maximum absolute atomic E-state index is 9.39. The fourth-order valence-corrected chi connectivity index (χ4v) is 2.40. The van der Waals surface area contributed by atoms with Crippen molar-refractivity contribution in [3.8, 4) is 0 Å². The van der Waals surface area contributed by atoms with Crippen molar-refractivity contribution in [1.82, 2.24) is 4.98 Å². The fourth-order valence-electron chi connectivity index (χ4n) is 2.40. The van der Waals surface area contributed by atoms with E-state index >= 15 is 0 Å². The molecule has 1 aliphatic carbocycles. The summed E-state index contributed by atoms with van der Waals surface area (Å²) in [5, 5.41) is 12.7. The van der Waals surface area contributed by atoms with Gasteiger partial charge in [-0.3, -0.25) is 0 Å². The van der Waals surface area contributed by atoms with Gasteiger partial charge in [-0.15, -0.1) is 0 Å². The van der Waals surface area contributed by atoms with Gasteiger partial charge in [0.2, 0.25) is 0 Å². The molecule has 0 aromatic carbocycles. The number of rotatable bonds is 5. The summed E-state index contributed by atoms with van der Waals surface area (Å²) in [5.41, 5.74) is 9.38. The lowest BCUT2D eigenvalue weighted by Gasteiger charge is -2.22. The molecular formula is C14H23N3O. The third kappa shape index (κ3) is 2.65. The molecule has 100 valence electrons. The molecule has 2 rings (SSSR count). The molecule has 0 radical (unpaired) electrons. The number of anilines is 1. The smallest absolute Gasteiger partial charge is 0.131 e. The van der Waals surface area contributed by atoms with Gasteiger partial charge in [0, 0.05) is 17.8 Å². The van der Waals surface area contributed by atoms with Crippen molar-refractivity contribution >= 4 is 5.82 Å². The first-order valence-electron chi connectivity index (χ1n) is 6.74. The Kier molecular flexibility index (Phi) is 4.19. The van der Waals surface area contributed by atoms with Gasteiger partial charge in [0.25, 0.3) is 0 Å². The van der Waals surface area contributed by atoms with Gasteiger partial charge in [-0.05, 0) is 36.8 Å². The molecule has 4 heteroatoms. The van der Waals surface area contributed by atoms with Gasteiger partial charge in [0.1, 0.15) is 5.82 Å². The van der Waals surface area contributed by atoms with Crippen LogP contribution in [0, 0.1) is 5.92 Å². The van der Waals surface area contributed by atoms with Crippen molar-refractivity contribution in [1.29, 1.82) is 0 Å². The topological polar surface area (TPSA) is 71.2 Å². The molecule has 0 fully saturated rings. The van der Waals surface area contributed by atoms with E-state index in [9.17, 15) is 5.11 Å². The largest absolute Gasteiger partial charge is 0.394 e. The number of aryl methyl sites for hydroxylation is 2. The van der Waals surface area contributed by atoms with Crippen LogP contribution in [0.1, 0.15) is 37.1 Å². The Morgan fingerprint density at radius 3 is 2.83 bits per heavy atom. The molecule has 18 heavy (non-hydrogen) atoms. The lowest BCUT2D eigenvalue weighted by atomic mass is 10.0. The minimum absolute atomic E-state index is 0.0299. The zero-order valence-corrected chi connectivity index (χ0v) is 11.2. The molecular weight excluding hydrogens is 226 g/mol. The van der Waals surface area contributed by atoms with E-state index in [1.54, 1.807) is 0 Å². The normalized spacial score (nSPS) is 15.8. The Morgan fingerprint density at radius 1 is 1.44 bits per heavy atom. The quantitative estimate of drug-likeness (QED) is 0.739. The van der Waals surface area contributed by atoms with E-state index in [1.807, 2.05) is 0 Å². The highest BCUT2D eigenvalue weighted by Crippen LogP contribution is 2.26. The predicted octanol–water partition coefficient (Wildman–Crippen LogP) is 1.46. The van der Waals surface area contributed by atoms with Crippen LogP contribution in [0.2, 0.25) is 0 Å². The zero-order chi connectivity index (χ0) is 13.1. The number of nitrogens with two attached hydrogens (primary N) is 1. The summed E-state index contributed by atoms with van der Waals surface area (Å²) in [6, 6.07) is 2.20. The van der Waals surface area contributed by atoms with E-state index < -0.39 is 0 Å². The summed E-state index contributed by atoms with van der Waals surface area (Å²) in [4.78, 5) is 4.69. The highest BCUT2D eigenvalue weighted by molar-refractivity contribution is 5.49. The number of hydrogen-bond donors (Lipinski definition) is 3. The molecule has 0 aliphatic heterocycles. The van der Waals surface area contributed by atoms with Gasteiger partial charge in [-0.2, -0.15) is 0 Å². The summed E-state index contributed by atoms with van der Waals surface area (Å²) < 4.78 is 0. The van der Waals surface area contributed by atoms with Gasteiger partial charge in [0.15, 0.2) is 0 Å². The van der Waals surface area contributed by atoms with Gasteiger partial charge < -0.3 is 16.2 Å². The zero-order valence-electron chi connectivity index (χ0n) is 11.2. The number of aliphatic hydroxyl groups excluding tert-OH is 1. The number of pyridine rings is 1. The number of nitrogens with one attached hydrogen (secondary N) is 1. The Morgan fingerprint density at radius 2 is 2.22 bits per heavy atom. The van der Waals surface area contributed by atoms with Crippen molar-refractivity contribution in [2.45, 2.75) is 45.7 Å². The van der Waals surface area contributed by atoms with E-state index in [0.717, 1.165) is 24.2 Å². The second kappa shape index (κ2) is 5.67. The molecule has 1 atom stereocenters. The number of hydrogen-bond acceptors (Lipinski definition) is 4. The molecule has 1 heterocycles. The van der Waals surface area contributed by atoms with E-state index in [0.29, 0.717) is 12.5 Å². The highest BCUT2D eigenvalue weighted by atomic mass is 16.3. The standard InChI is InChI=1S/C14H23N3O/c1-9(2)13(8-18)17-14-11(7-15)6-10-4-3-5-12(10)16-14/h6,9,13,18H,3-5,7-8,15H2,1-2H3,(H,16,17)/t13-/m1/s1. The van der Waals surface area contributed by atoms with Crippen molar-refractivity contribution in [3.63, 3.8) is 0 Å².